The van der Waals surface area contributed by atoms with Crippen LogP contribution in [0.5, 0.6) is 0 Å². The smallest absolute Gasteiger partial charge is 0.129 e. The van der Waals surface area contributed by atoms with Crippen LogP contribution >= 0.6 is 15.9 Å². The van der Waals surface area contributed by atoms with Crippen molar-refractivity contribution in [2.75, 3.05) is 6.54 Å². The number of benzene rings is 1. The van der Waals surface area contributed by atoms with Gasteiger partial charge in [-0.3, -0.25) is 0 Å². The number of hydrogen-bond donors (Lipinski definition) is 2. The Morgan fingerprint density at radius 1 is 1.54 bits per heavy atom. The Morgan fingerprint density at radius 2 is 2.23 bits per heavy atom. The predicted molar refractivity (Wildman–Crippen MR) is 52.7 cm³/mol. The van der Waals surface area contributed by atoms with Crippen LogP contribution in [0.15, 0.2) is 22.7 Å². The summed E-state index contributed by atoms with van der Waals surface area (Å²) in [7, 11) is 0. The molecule has 13 heavy (non-hydrogen) atoms. The third kappa shape index (κ3) is 2.76. The molecule has 0 aromatic heterocycles. The first kappa shape index (κ1) is 10.6. The van der Waals surface area contributed by atoms with E-state index < -0.39 is 11.9 Å². The van der Waals surface area contributed by atoms with Gasteiger partial charge in [-0.25, -0.2) is 4.39 Å². The van der Waals surface area contributed by atoms with Gasteiger partial charge >= 0.3 is 0 Å². The third-order valence-corrected chi connectivity index (χ3v) is 2.25. The molecule has 0 unspecified atom stereocenters. The molecule has 0 saturated heterocycles. The molecular weight excluding hydrogens is 237 g/mol. The van der Waals surface area contributed by atoms with Crippen LogP contribution in [0.4, 0.5) is 4.39 Å². The van der Waals surface area contributed by atoms with Crippen LogP contribution in [0.1, 0.15) is 18.1 Å². The van der Waals surface area contributed by atoms with Gasteiger partial charge in [0.1, 0.15) is 5.82 Å². The van der Waals surface area contributed by atoms with E-state index in [9.17, 15) is 9.50 Å². The molecule has 0 radical (unpaired) electrons. The molecule has 0 bridgehead atoms. The quantitative estimate of drug-likeness (QED) is 0.858. The van der Waals surface area contributed by atoms with Gasteiger partial charge in [-0.1, -0.05) is 15.9 Å². The highest BCUT2D eigenvalue weighted by Gasteiger charge is 2.11. The standard InChI is InChI=1S/C9H11BrFNO/c10-6-1-2-8(11)7(5-6)9(13)3-4-12/h1-2,5,9,13H,3-4,12H2/t9-/m0/s1. The molecule has 1 rings (SSSR count). The lowest BCUT2D eigenvalue weighted by atomic mass is 10.1. The maximum atomic E-state index is 13.1. The van der Waals surface area contributed by atoms with E-state index in [4.69, 9.17) is 5.73 Å². The summed E-state index contributed by atoms with van der Waals surface area (Å²) in [5.74, 6) is -0.399. The van der Waals surface area contributed by atoms with Crippen LogP contribution in [0.2, 0.25) is 0 Å². The fourth-order valence-corrected chi connectivity index (χ4v) is 1.46. The highest BCUT2D eigenvalue weighted by Crippen LogP contribution is 2.23. The van der Waals surface area contributed by atoms with Crippen molar-refractivity contribution >= 4 is 15.9 Å². The number of aliphatic hydroxyl groups excluding tert-OH is 1. The van der Waals surface area contributed by atoms with E-state index in [1.54, 1.807) is 12.1 Å². The average Bonchev–Trinajstić information content (AvgIpc) is 2.09. The van der Waals surface area contributed by atoms with Crippen LogP contribution in [0.3, 0.4) is 0 Å². The lowest BCUT2D eigenvalue weighted by Crippen LogP contribution is -2.08. The fourth-order valence-electron chi connectivity index (χ4n) is 1.08. The number of aliphatic hydroxyl groups is 1. The molecule has 1 aromatic carbocycles. The second-order valence-electron chi connectivity index (χ2n) is 2.76. The zero-order valence-corrected chi connectivity index (χ0v) is 8.59. The van der Waals surface area contributed by atoms with Gasteiger partial charge < -0.3 is 10.8 Å². The molecule has 3 N–H and O–H groups in total. The Labute approximate surface area is 84.7 Å². The van der Waals surface area contributed by atoms with Crippen LogP contribution in [0, 0.1) is 5.82 Å². The first-order valence-electron chi connectivity index (χ1n) is 3.98. The Balaban J connectivity index is 2.91. The molecule has 72 valence electrons. The van der Waals surface area contributed by atoms with E-state index in [1.807, 2.05) is 0 Å². The minimum absolute atomic E-state index is 0.292. The summed E-state index contributed by atoms with van der Waals surface area (Å²) >= 11 is 3.21. The lowest BCUT2D eigenvalue weighted by molar-refractivity contribution is 0.165. The molecule has 0 aliphatic heterocycles. The lowest BCUT2D eigenvalue weighted by Gasteiger charge is -2.10. The molecule has 0 spiro atoms. The molecule has 0 fully saturated rings. The largest absolute Gasteiger partial charge is 0.388 e. The fraction of sp³-hybridized carbons (Fsp3) is 0.333. The predicted octanol–water partition coefficient (Wildman–Crippen LogP) is 1.97. The summed E-state index contributed by atoms with van der Waals surface area (Å²) in [5, 5.41) is 9.48. The molecule has 0 aliphatic carbocycles. The van der Waals surface area contributed by atoms with E-state index in [2.05, 4.69) is 15.9 Å². The topological polar surface area (TPSA) is 46.2 Å². The third-order valence-electron chi connectivity index (χ3n) is 1.76. The van der Waals surface area contributed by atoms with Gasteiger partial charge in [0, 0.05) is 10.0 Å². The minimum atomic E-state index is -0.817. The summed E-state index contributed by atoms with van der Waals surface area (Å²) < 4.78 is 13.9. The zero-order chi connectivity index (χ0) is 9.84. The molecule has 0 heterocycles. The molecule has 1 aromatic rings. The van der Waals surface area contributed by atoms with Crippen molar-refractivity contribution in [1.29, 1.82) is 0 Å². The molecule has 0 aliphatic rings. The van der Waals surface area contributed by atoms with Crippen molar-refractivity contribution in [3.8, 4) is 0 Å². The average molecular weight is 248 g/mol. The van der Waals surface area contributed by atoms with Gasteiger partial charge in [0.25, 0.3) is 0 Å². The second-order valence-corrected chi connectivity index (χ2v) is 3.67. The minimum Gasteiger partial charge on any atom is -0.388 e. The van der Waals surface area contributed by atoms with E-state index >= 15 is 0 Å². The van der Waals surface area contributed by atoms with Gasteiger partial charge in [-0.2, -0.15) is 0 Å². The van der Waals surface area contributed by atoms with E-state index in [0.29, 0.717) is 18.5 Å². The summed E-state index contributed by atoms with van der Waals surface area (Å²) in [4.78, 5) is 0. The van der Waals surface area contributed by atoms with Crippen LogP contribution < -0.4 is 5.73 Å². The zero-order valence-electron chi connectivity index (χ0n) is 7.00. The highest BCUT2D eigenvalue weighted by atomic mass is 79.9. The summed E-state index contributed by atoms with van der Waals surface area (Å²) in [6.07, 6.45) is -0.449. The van der Waals surface area contributed by atoms with Gasteiger partial charge in [-0.15, -0.1) is 0 Å². The molecule has 0 amide bonds. The van der Waals surface area contributed by atoms with Crippen LogP contribution in [0.25, 0.3) is 0 Å². The summed E-state index contributed by atoms with van der Waals surface area (Å²) in [6.45, 7) is 0.340. The van der Waals surface area contributed by atoms with Crippen molar-refractivity contribution in [2.45, 2.75) is 12.5 Å². The number of nitrogens with two attached hydrogens (primary N) is 1. The first-order chi connectivity index (χ1) is 6.15. The number of rotatable bonds is 3. The highest BCUT2D eigenvalue weighted by molar-refractivity contribution is 9.10. The van der Waals surface area contributed by atoms with Gasteiger partial charge in [0.05, 0.1) is 6.10 Å². The number of halogens is 2. The summed E-state index contributed by atoms with van der Waals surface area (Å²) in [6, 6.07) is 4.48. The van der Waals surface area contributed by atoms with E-state index in [1.165, 1.54) is 6.07 Å². The van der Waals surface area contributed by atoms with Crippen LogP contribution in [-0.4, -0.2) is 11.7 Å². The summed E-state index contributed by atoms with van der Waals surface area (Å²) in [5.41, 5.74) is 5.55. The second kappa shape index (κ2) is 4.69. The Morgan fingerprint density at radius 3 is 2.85 bits per heavy atom. The maximum Gasteiger partial charge on any atom is 0.129 e. The van der Waals surface area contributed by atoms with Gasteiger partial charge in [-0.05, 0) is 31.2 Å². The Bertz CT molecular complexity index is 293. The molecule has 1 atom stereocenters. The normalized spacial score (nSPS) is 12.9. The molecule has 2 nitrogen and oxygen atoms in total. The molecule has 4 heteroatoms. The van der Waals surface area contributed by atoms with Gasteiger partial charge in [0.2, 0.25) is 0 Å². The van der Waals surface area contributed by atoms with Crippen molar-refractivity contribution < 1.29 is 9.50 Å². The molecular formula is C9H11BrFNO. The van der Waals surface area contributed by atoms with Crippen molar-refractivity contribution in [3.05, 3.63) is 34.1 Å². The Kier molecular flexibility index (Phi) is 3.84. The molecule has 0 saturated carbocycles. The maximum absolute atomic E-state index is 13.1. The SMILES string of the molecule is NCC[C@H](O)c1cc(Br)ccc1F. The van der Waals surface area contributed by atoms with Crippen molar-refractivity contribution in [1.82, 2.24) is 0 Å². The first-order valence-corrected chi connectivity index (χ1v) is 4.77. The van der Waals surface area contributed by atoms with E-state index in [-0.39, 0.29) is 0 Å². The van der Waals surface area contributed by atoms with E-state index in [0.717, 1.165) is 4.47 Å². The Hall–Kier alpha value is -0.450. The van der Waals surface area contributed by atoms with Crippen molar-refractivity contribution in [2.24, 2.45) is 5.73 Å². The van der Waals surface area contributed by atoms with Crippen molar-refractivity contribution in [3.63, 3.8) is 0 Å². The van der Waals surface area contributed by atoms with Gasteiger partial charge in [0.15, 0.2) is 0 Å². The number of hydrogen-bond acceptors (Lipinski definition) is 2. The monoisotopic (exact) mass is 247 g/mol. The van der Waals surface area contributed by atoms with Crippen LogP contribution in [-0.2, 0) is 0 Å².